The molecule has 2 aliphatic rings. The van der Waals surface area contributed by atoms with Gasteiger partial charge in [0, 0.05) is 25.2 Å². The summed E-state index contributed by atoms with van der Waals surface area (Å²) < 4.78 is 0. The molecule has 3 rings (SSSR count). The van der Waals surface area contributed by atoms with Gasteiger partial charge in [0.25, 0.3) is 5.91 Å². The molecule has 20 heavy (non-hydrogen) atoms. The van der Waals surface area contributed by atoms with E-state index in [4.69, 9.17) is 0 Å². The molecule has 5 heteroatoms. The fraction of sp³-hybridized carbons (Fsp3) is 0.533. The standard InChI is InChI=1S/C15H20N2O3/c1-17(11-7-9-5-6-10(8-11)16-9)15(20)12-3-2-4-13(18)14(12)19/h2-4,9-11,16,18-19H,5-8H2,1H3. The fourth-order valence-electron chi connectivity index (χ4n) is 3.40. The van der Waals surface area contributed by atoms with Crippen LogP contribution in [-0.4, -0.2) is 46.2 Å². The maximum Gasteiger partial charge on any atom is 0.257 e. The number of aromatic hydroxyl groups is 2. The van der Waals surface area contributed by atoms with E-state index in [0.717, 1.165) is 12.8 Å². The lowest BCUT2D eigenvalue weighted by molar-refractivity contribution is 0.0678. The number of nitrogens with zero attached hydrogens (tertiary/aromatic N) is 1. The Morgan fingerprint density at radius 3 is 2.55 bits per heavy atom. The first-order chi connectivity index (χ1) is 9.56. The van der Waals surface area contributed by atoms with Gasteiger partial charge in [-0.05, 0) is 37.8 Å². The van der Waals surface area contributed by atoms with E-state index >= 15 is 0 Å². The highest BCUT2D eigenvalue weighted by molar-refractivity contribution is 5.97. The zero-order valence-electron chi connectivity index (χ0n) is 11.5. The third-order valence-corrected chi connectivity index (χ3v) is 4.56. The molecule has 2 atom stereocenters. The van der Waals surface area contributed by atoms with Crippen molar-refractivity contribution in [2.75, 3.05) is 7.05 Å². The lowest BCUT2D eigenvalue weighted by Crippen LogP contribution is -2.48. The molecule has 108 valence electrons. The molecule has 0 saturated carbocycles. The number of piperidine rings is 1. The normalized spacial score (nSPS) is 28.4. The minimum Gasteiger partial charge on any atom is -0.504 e. The Hall–Kier alpha value is -1.75. The monoisotopic (exact) mass is 276 g/mol. The Bertz CT molecular complexity index is 520. The third-order valence-electron chi connectivity index (χ3n) is 4.56. The van der Waals surface area contributed by atoms with E-state index in [1.165, 1.54) is 18.9 Å². The van der Waals surface area contributed by atoms with Crippen LogP contribution in [0.3, 0.4) is 0 Å². The van der Waals surface area contributed by atoms with Gasteiger partial charge in [-0.3, -0.25) is 4.79 Å². The largest absolute Gasteiger partial charge is 0.504 e. The molecule has 0 spiro atoms. The number of phenolic OH excluding ortho intramolecular Hbond substituents is 2. The first kappa shape index (κ1) is 13.2. The van der Waals surface area contributed by atoms with Crippen molar-refractivity contribution in [1.82, 2.24) is 10.2 Å². The second-order valence-corrected chi connectivity index (χ2v) is 5.85. The molecular weight excluding hydrogens is 256 g/mol. The van der Waals surface area contributed by atoms with E-state index in [2.05, 4.69) is 5.32 Å². The lowest BCUT2D eigenvalue weighted by Gasteiger charge is -2.35. The second-order valence-electron chi connectivity index (χ2n) is 5.85. The minimum absolute atomic E-state index is 0.165. The van der Waals surface area contributed by atoms with Gasteiger partial charge in [0.05, 0.1) is 5.56 Å². The van der Waals surface area contributed by atoms with Gasteiger partial charge in [-0.2, -0.15) is 0 Å². The number of amides is 1. The predicted molar refractivity (Wildman–Crippen MR) is 74.8 cm³/mol. The number of rotatable bonds is 2. The average molecular weight is 276 g/mol. The Morgan fingerprint density at radius 1 is 1.25 bits per heavy atom. The number of carbonyl (C=O) groups is 1. The number of para-hydroxylation sites is 1. The maximum atomic E-state index is 12.5. The number of carbonyl (C=O) groups excluding carboxylic acids is 1. The van der Waals surface area contributed by atoms with Crippen LogP contribution in [0.5, 0.6) is 11.5 Å². The van der Waals surface area contributed by atoms with Crippen molar-refractivity contribution in [3.05, 3.63) is 23.8 Å². The number of hydrogen-bond acceptors (Lipinski definition) is 4. The summed E-state index contributed by atoms with van der Waals surface area (Å²) in [5, 5.41) is 22.9. The quantitative estimate of drug-likeness (QED) is 0.715. The van der Waals surface area contributed by atoms with Crippen molar-refractivity contribution in [3.8, 4) is 11.5 Å². The summed E-state index contributed by atoms with van der Waals surface area (Å²) in [6.45, 7) is 0. The van der Waals surface area contributed by atoms with Gasteiger partial charge in [-0.15, -0.1) is 0 Å². The fourth-order valence-corrected chi connectivity index (χ4v) is 3.40. The summed E-state index contributed by atoms with van der Waals surface area (Å²) in [7, 11) is 1.78. The van der Waals surface area contributed by atoms with Crippen LogP contribution in [0.25, 0.3) is 0 Å². The van der Waals surface area contributed by atoms with Gasteiger partial charge in [0.15, 0.2) is 11.5 Å². The van der Waals surface area contributed by atoms with Crippen molar-refractivity contribution in [3.63, 3.8) is 0 Å². The Balaban J connectivity index is 1.78. The van der Waals surface area contributed by atoms with Crippen LogP contribution in [0, 0.1) is 0 Å². The van der Waals surface area contributed by atoms with Crippen LogP contribution in [0.15, 0.2) is 18.2 Å². The number of phenols is 2. The molecule has 2 saturated heterocycles. The predicted octanol–water partition coefficient (Wildman–Crippen LogP) is 1.45. The van der Waals surface area contributed by atoms with Gasteiger partial charge in [0.1, 0.15) is 0 Å². The highest BCUT2D eigenvalue weighted by atomic mass is 16.3. The van der Waals surface area contributed by atoms with Crippen LogP contribution < -0.4 is 5.32 Å². The van der Waals surface area contributed by atoms with Crippen LogP contribution >= 0.6 is 0 Å². The molecule has 0 aromatic heterocycles. The molecule has 2 unspecified atom stereocenters. The zero-order valence-corrected chi connectivity index (χ0v) is 11.5. The molecule has 1 amide bonds. The van der Waals surface area contributed by atoms with Crippen molar-refractivity contribution in [2.45, 2.75) is 43.8 Å². The lowest BCUT2D eigenvalue weighted by atomic mass is 9.98. The van der Waals surface area contributed by atoms with E-state index in [1.807, 2.05) is 0 Å². The molecule has 2 bridgehead atoms. The molecule has 2 aliphatic heterocycles. The number of fused-ring (bicyclic) bond motifs is 2. The summed E-state index contributed by atoms with van der Waals surface area (Å²) in [5.74, 6) is -0.819. The van der Waals surface area contributed by atoms with E-state index in [0.29, 0.717) is 12.1 Å². The minimum atomic E-state index is -0.332. The average Bonchev–Trinajstić information content (AvgIpc) is 2.79. The maximum absolute atomic E-state index is 12.5. The van der Waals surface area contributed by atoms with Gasteiger partial charge in [-0.1, -0.05) is 6.07 Å². The van der Waals surface area contributed by atoms with Crippen LogP contribution in [-0.2, 0) is 0 Å². The van der Waals surface area contributed by atoms with E-state index in [1.54, 1.807) is 24.1 Å². The Morgan fingerprint density at radius 2 is 1.90 bits per heavy atom. The van der Waals surface area contributed by atoms with E-state index in [9.17, 15) is 15.0 Å². The number of nitrogens with one attached hydrogen (secondary N) is 1. The topological polar surface area (TPSA) is 72.8 Å². The molecule has 0 radical (unpaired) electrons. The van der Waals surface area contributed by atoms with Crippen LogP contribution in [0.4, 0.5) is 0 Å². The van der Waals surface area contributed by atoms with E-state index < -0.39 is 0 Å². The first-order valence-corrected chi connectivity index (χ1v) is 7.10. The van der Waals surface area contributed by atoms with Gasteiger partial charge >= 0.3 is 0 Å². The molecule has 2 heterocycles. The van der Waals surface area contributed by atoms with Crippen molar-refractivity contribution < 1.29 is 15.0 Å². The number of hydrogen-bond donors (Lipinski definition) is 3. The molecule has 3 N–H and O–H groups in total. The zero-order chi connectivity index (χ0) is 14.3. The molecule has 1 aromatic carbocycles. The summed E-state index contributed by atoms with van der Waals surface area (Å²) in [5.41, 5.74) is 0.165. The SMILES string of the molecule is CN(C(=O)c1cccc(O)c1O)C1CC2CCC(C1)N2. The van der Waals surface area contributed by atoms with E-state index in [-0.39, 0.29) is 29.0 Å². The highest BCUT2D eigenvalue weighted by Crippen LogP contribution is 2.32. The summed E-state index contributed by atoms with van der Waals surface area (Å²) in [6.07, 6.45) is 4.28. The first-order valence-electron chi connectivity index (χ1n) is 7.10. The molecular formula is C15H20N2O3. The number of benzene rings is 1. The molecule has 0 aliphatic carbocycles. The van der Waals surface area contributed by atoms with Gasteiger partial charge < -0.3 is 20.4 Å². The smallest absolute Gasteiger partial charge is 0.257 e. The molecule has 2 fully saturated rings. The second kappa shape index (κ2) is 4.98. The Kier molecular flexibility index (Phi) is 3.30. The summed E-state index contributed by atoms with van der Waals surface area (Å²) in [6, 6.07) is 5.70. The summed E-state index contributed by atoms with van der Waals surface area (Å²) in [4.78, 5) is 14.2. The third kappa shape index (κ3) is 2.22. The molecule has 1 aromatic rings. The van der Waals surface area contributed by atoms with Crippen LogP contribution in [0.2, 0.25) is 0 Å². The van der Waals surface area contributed by atoms with Crippen molar-refractivity contribution in [2.24, 2.45) is 0 Å². The van der Waals surface area contributed by atoms with Gasteiger partial charge in [0.2, 0.25) is 0 Å². The van der Waals surface area contributed by atoms with Gasteiger partial charge in [-0.25, -0.2) is 0 Å². The van der Waals surface area contributed by atoms with Crippen molar-refractivity contribution >= 4 is 5.91 Å². The Labute approximate surface area is 118 Å². The van der Waals surface area contributed by atoms with Crippen LogP contribution in [0.1, 0.15) is 36.0 Å². The van der Waals surface area contributed by atoms with Crippen molar-refractivity contribution in [1.29, 1.82) is 0 Å². The highest BCUT2D eigenvalue weighted by Gasteiger charge is 2.36. The summed E-state index contributed by atoms with van der Waals surface area (Å²) >= 11 is 0. The molecule has 5 nitrogen and oxygen atoms in total.